The summed E-state index contributed by atoms with van der Waals surface area (Å²) in [5.74, 6) is 0.340. The van der Waals surface area contributed by atoms with Crippen LogP contribution >= 0.6 is 11.3 Å². The van der Waals surface area contributed by atoms with E-state index in [1.165, 1.54) is 10.4 Å². The molecule has 4 rings (SSSR count). The Morgan fingerprint density at radius 2 is 2.21 bits per heavy atom. The predicted octanol–water partition coefficient (Wildman–Crippen LogP) is 3.46. The fraction of sp³-hybridized carbons (Fsp3) is 0.222. The van der Waals surface area contributed by atoms with Gasteiger partial charge in [-0.1, -0.05) is 0 Å². The molecule has 0 radical (unpaired) electrons. The molecule has 0 saturated heterocycles. The van der Waals surface area contributed by atoms with Gasteiger partial charge in [-0.2, -0.15) is 0 Å². The van der Waals surface area contributed by atoms with Crippen molar-refractivity contribution in [3.05, 3.63) is 68.3 Å². The summed E-state index contributed by atoms with van der Waals surface area (Å²) in [6.45, 7) is 2.64. The van der Waals surface area contributed by atoms with E-state index in [0.29, 0.717) is 18.0 Å². The molecule has 1 N–H and O–H groups in total. The fourth-order valence-corrected chi connectivity index (χ4v) is 4.12. The first-order valence-electron chi connectivity index (χ1n) is 7.79. The normalized spacial score (nSPS) is 16.9. The molecular weight excluding hydrogens is 324 g/mol. The van der Waals surface area contributed by atoms with Crippen LogP contribution in [0, 0.1) is 0 Å². The van der Waals surface area contributed by atoms with Gasteiger partial charge in [-0.15, -0.1) is 11.3 Å². The van der Waals surface area contributed by atoms with E-state index >= 15 is 0 Å². The largest absolute Gasteiger partial charge is 0.463 e. The molecule has 5 nitrogen and oxygen atoms in total. The number of hydrogen-bond acceptors (Lipinski definition) is 4. The average Bonchev–Trinajstić information content (AvgIpc) is 3.26. The van der Waals surface area contributed by atoms with E-state index in [1.54, 1.807) is 46.8 Å². The molecule has 0 bridgehead atoms. The number of H-pyrrole nitrogens is 1. The van der Waals surface area contributed by atoms with Gasteiger partial charge in [0.05, 0.1) is 18.0 Å². The SMILES string of the molecule is C[C@H]1c2ccsc2CCN1C(=O)c1ccc(-c2ccco2)[nH]c1=O. The molecule has 0 fully saturated rings. The maximum Gasteiger partial charge on any atom is 0.261 e. The summed E-state index contributed by atoms with van der Waals surface area (Å²) >= 11 is 1.73. The van der Waals surface area contributed by atoms with Gasteiger partial charge in [0.25, 0.3) is 11.5 Å². The summed E-state index contributed by atoms with van der Waals surface area (Å²) in [4.78, 5) is 31.1. The van der Waals surface area contributed by atoms with Crippen molar-refractivity contribution < 1.29 is 9.21 Å². The van der Waals surface area contributed by atoms with Crippen molar-refractivity contribution in [1.82, 2.24) is 9.88 Å². The molecule has 3 aromatic rings. The van der Waals surface area contributed by atoms with Gasteiger partial charge in [-0.3, -0.25) is 9.59 Å². The smallest absolute Gasteiger partial charge is 0.261 e. The molecule has 0 aromatic carbocycles. The van der Waals surface area contributed by atoms with Gasteiger partial charge in [0.2, 0.25) is 0 Å². The maximum absolute atomic E-state index is 12.8. The highest BCUT2D eigenvalue weighted by molar-refractivity contribution is 7.10. The second-order valence-electron chi connectivity index (χ2n) is 5.82. The molecule has 0 aliphatic carbocycles. The third-order valence-corrected chi connectivity index (χ3v) is 5.46. The number of nitrogens with one attached hydrogen (secondary N) is 1. The number of pyridine rings is 1. The van der Waals surface area contributed by atoms with Crippen molar-refractivity contribution in [1.29, 1.82) is 0 Å². The van der Waals surface area contributed by atoms with Gasteiger partial charge in [-0.05, 0) is 54.6 Å². The molecule has 6 heteroatoms. The van der Waals surface area contributed by atoms with Crippen molar-refractivity contribution >= 4 is 17.2 Å². The number of amides is 1. The Bertz CT molecular complexity index is 939. The number of hydrogen-bond donors (Lipinski definition) is 1. The minimum Gasteiger partial charge on any atom is -0.463 e. The molecule has 122 valence electrons. The topological polar surface area (TPSA) is 66.3 Å². The highest BCUT2D eigenvalue weighted by Crippen LogP contribution is 2.33. The zero-order valence-electron chi connectivity index (χ0n) is 13.1. The first-order chi connectivity index (χ1) is 11.6. The van der Waals surface area contributed by atoms with Crippen LogP contribution in [-0.4, -0.2) is 22.3 Å². The minimum atomic E-state index is -0.391. The summed E-state index contributed by atoms with van der Waals surface area (Å²) in [6, 6.07) is 8.84. The van der Waals surface area contributed by atoms with Crippen molar-refractivity contribution in [2.24, 2.45) is 0 Å². The number of carbonyl (C=O) groups excluding carboxylic acids is 1. The number of furan rings is 1. The third kappa shape index (κ3) is 2.39. The first kappa shape index (κ1) is 15.0. The number of aromatic amines is 1. The Hall–Kier alpha value is -2.60. The monoisotopic (exact) mass is 340 g/mol. The molecule has 0 spiro atoms. The fourth-order valence-electron chi connectivity index (χ4n) is 3.16. The second kappa shape index (κ2) is 5.79. The molecule has 1 aliphatic heterocycles. The van der Waals surface area contributed by atoms with Crippen molar-refractivity contribution in [2.45, 2.75) is 19.4 Å². The van der Waals surface area contributed by atoms with Crippen LogP contribution in [0.25, 0.3) is 11.5 Å². The number of rotatable bonds is 2. The van der Waals surface area contributed by atoms with E-state index in [1.807, 2.05) is 6.92 Å². The van der Waals surface area contributed by atoms with Gasteiger partial charge < -0.3 is 14.3 Å². The second-order valence-corrected chi connectivity index (χ2v) is 6.82. The van der Waals surface area contributed by atoms with E-state index in [2.05, 4.69) is 16.4 Å². The molecule has 1 atom stereocenters. The summed E-state index contributed by atoms with van der Waals surface area (Å²) in [6.07, 6.45) is 2.38. The highest BCUT2D eigenvalue weighted by Gasteiger charge is 2.30. The Balaban J connectivity index is 1.65. The maximum atomic E-state index is 12.8. The number of nitrogens with zero attached hydrogens (tertiary/aromatic N) is 1. The van der Waals surface area contributed by atoms with Crippen LogP contribution in [0.2, 0.25) is 0 Å². The quantitative estimate of drug-likeness (QED) is 0.777. The summed E-state index contributed by atoms with van der Waals surface area (Å²) in [7, 11) is 0. The van der Waals surface area contributed by atoms with Crippen LogP contribution in [0.4, 0.5) is 0 Å². The van der Waals surface area contributed by atoms with E-state index < -0.39 is 5.56 Å². The van der Waals surface area contributed by atoms with E-state index in [4.69, 9.17) is 4.42 Å². The van der Waals surface area contributed by atoms with Crippen LogP contribution in [-0.2, 0) is 6.42 Å². The van der Waals surface area contributed by atoms with Crippen molar-refractivity contribution in [3.63, 3.8) is 0 Å². The molecule has 1 aliphatic rings. The standard InChI is InChI=1S/C18H16N2O3S/c1-11-12-7-10-24-16(12)6-8-20(11)18(22)13-4-5-14(19-17(13)21)15-3-2-9-23-15/h2-5,7,9-11H,6,8H2,1H3,(H,19,21)/t11-/m0/s1. The van der Waals surface area contributed by atoms with Gasteiger partial charge in [-0.25, -0.2) is 0 Å². The number of fused-ring (bicyclic) bond motifs is 1. The molecule has 3 aromatic heterocycles. The Morgan fingerprint density at radius 1 is 1.33 bits per heavy atom. The summed E-state index contributed by atoms with van der Waals surface area (Å²) in [5.41, 5.74) is 1.52. The number of thiophene rings is 1. The molecule has 0 saturated carbocycles. The third-order valence-electron chi connectivity index (χ3n) is 4.46. The lowest BCUT2D eigenvalue weighted by Gasteiger charge is -2.33. The lowest BCUT2D eigenvalue weighted by atomic mass is 10.0. The number of carbonyl (C=O) groups is 1. The Labute approximate surface area is 142 Å². The zero-order valence-corrected chi connectivity index (χ0v) is 13.9. The summed E-state index contributed by atoms with van der Waals surface area (Å²) < 4.78 is 5.27. The van der Waals surface area contributed by atoms with E-state index in [0.717, 1.165) is 6.42 Å². The van der Waals surface area contributed by atoms with Gasteiger partial charge in [0.15, 0.2) is 0 Å². The Morgan fingerprint density at radius 3 is 2.96 bits per heavy atom. The summed E-state index contributed by atoms with van der Waals surface area (Å²) in [5, 5.41) is 2.06. The van der Waals surface area contributed by atoms with E-state index in [9.17, 15) is 9.59 Å². The van der Waals surface area contributed by atoms with Gasteiger partial charge in [0.1, 0.15) is 11.3 Å². The van der Waals surface area contributed by atoms with Gasteiger partial charge >= 0.3 is 0 Å². The number of aromatic nitrogens is 1. The molecule has 4 heterocycles. The molecule has 1 amide bonds. The van der Waals surface area contributed by atoms with Crippen LogP contribution in [0.15, 0.2) is 51.2 Å². The van der Waals surface area contributed by atoms with E-state index in [-0.39, 0.29) is 17.5 Å². The molecule has 24 heavy (non-hydrogen) atoms. The zero-order chi connectivity index (χ0) is 16.7. The lowest BCUT2D eigenvalue weighted by molar-refractivity contribution is 0.0677. The van der Waals surface area contributed by atoms with Gasteiger partial charge in [0, 0.05) is 11.4 Å². The van der Waals surface area contributed by atoms with Crippen molar-refractivity contribution in [2.75, 3.05) is 6.54 Å². The average molecular weight is 340 g/mol. The predicted molar refractivity (Wildman–Crippen MR) is 92.2 cm³/mol. The van der Waals surface area contributed by atoms with Crippen LogP contribution in [0.3, 0.4) is 0 Å². The van der Waals surface area contributed by atoms with Crippen LogP contribution < -0.4 is 5.56 Å². The Kier molecular flexibility index (Phi) is 3.61. The lowest BCUT2D eigenvalue weighted by Crippen LogP contribution is -2.40. The molecular formula is C18H16N2O3S. The van der Waals surface area contributed by atoms with Crippen LogP contribution in [0.5, 0.6) is 0 Å². The minimum absolute atomic E-state index is 0.0170. The van der Waals surface area contributed by atoms with Crippen LogP contribution in [0.1, 0.15) is 33.8 Å². The highest BCUT2D eigenvalue weighted by atomic mass is 32.1. The van der Waals surface area contributed by atoms with Crippen molar-refractivity contribution in [3.8, 4) is 11.5 Å². The molecule has 0 unspecified atom stereocenters. The first-order valence-corrected chi connectivity index (χ1v) is 8.67.